The summed E-state index contributed by atoms with van der Waals surface area (Å²) >= 11 is 0. The number of hydrogen-bond donors (Lipinski definition) is 0. The Morgan fingerprint density at radius 2 is 1.07 bits per heavy atom. The molecule has 4 rings (SSSR count). The van der Waals surface area contributed by atoms with Gasteiger partial charge in [0.1, 0.15) is 12.4 Å². The Balaban J connectivity index is 1.39. The van der Waals surface area contributed by atoms with Crippen LogP contribution < -0.4 is 4.74 Å². The smallest absolute Gasteiger partial charge is 0.149 e. The predicted octanol–water partition coefficient (Wildman–Crippen LogP) is 6.32. The molecule has 0 spiro atoms. The molecule has 0 atom stereocenters. The van der Waals surface area contributed by atoms with E-state index < -0.39 is 0 Å². The van der Waals surface area contributed by atoms with E-state index in [1.54, 1.807) is 0 Å². The van der Waals surface area contributed by atoms with Crippen molar-refractivity contribution in [1.29, 1.82) is 5.26 Å². The Hall–Kier alpha value is -4.27. The summed E-state index contributed by atoms with van der Waals surface area (Å²) in [6, 6.07) is 36.1. The van der Waals surface area contributed by atoms with Crippen molar-refractivity contribution in [1.82, 2.24) is 0 Å². The van der Waals surface area contributed by atoms with Gasteiger partial charge in [-0.3, -0.25) is 0 Å². The standard InChI is InChI=1S/C28H19NO/c29-21-23-8-10-24(11-9-23)25-12-14-26(15-13-25)27-16-18-28(19-17-27)30-20-4-7-22-5-2-1-3-6-22/h1-3,5-6,8-19H,20H2. The van der Waals surface area contributed by atoms with E-state index >= 15 is 0 Å². The summed E-state index contributed by atoms with van der Waals surface area (Å²) in [6.07, 6.45) is 0. The van der Waals surface area contributed by atoms with Crippen LogP contribution in [0.2, 0.25) is 0 Å². The van der Waals surface area contributed by atoms with Gasteiger partial charge in [-0.25, -0.2) is 0 Å². The number of nitrogens with zero attached hydrogens (tertiary/aromatic N) is 1. The minimum Gasteiger partial charge on any atom is -0.481 e. The van der Waals surface area contributed by atoms with E-state index in [1.807, 2.05) is 66.7 Å². The van der Waals surface area contributed by atoms with Crippen LogP contribution in [0, 0.1) is 23.2 Å². The fourth-order valence-corrected chi connectivity index (χ4v) is 3.12. The highest BCUT2D eigenvalue weighted by Gasteiger charge is 2.02. The van der Waals surface area contributed by atoms with Crippen molar-refractivity contribution < 1.29 is 4.74 Å². The lowest BCUT2D eigenvalue weighted by Gasteiger charge is -2.07. The van der Waals surface area contributed by atoms with Crippen molar-refractivity contribution in [2.75, 3.05) is 6.61 Å². The van der Waals surface area contributed by atoms with Gasteiger partial charge in [0.25, 0.3) is 0 Å². The van der Waals surface area contributed by atoms with E-state index in [4.69, 9.17) is 10.00 Å². The van der Waals surface area contributed by atoms with Gasteiger partial charge in [0.15, 0.2) is 0 Å². The molecule has 0 aliphatic rings. The summed E-state index contributed by atoms with van der Waals surface area (Å²) in [7, 11) is 0. The maximum Gasteiger partial charge on any atom is 0.149 e. The van der Waals surface area contributed by atoms with E-state index in [0.717, 1.165) is 33.6 Å². The topological polar surface area (TPSA) is 33.0 Å². The van der Waals surface area contributed by atoms with Crippen LogP contribution in [0.3, 0.4) is 0 Å². The van der Waals surface area contributed by atoms with Crippen LogP contribution in [-0.4, -0.2) is 6.61 Å². The average molecular weight is 385 g/mol. The lowest BCUT2D eigenvalue weighted by atomic mass is 10.00. The van der Waals surface area contributed by atoms with Gasteiger partial charge < -0.3 is 4.74 Å². The molecule has 0 heterocycles. The Morgan fingerprint density at radius 1 is 0.567 bits per heavy atom. The second kappa shape index (κ2) is 9.28. The van der Waals surface area contributed by atoms with Gasteiger partial charge in [-0.05, 0) is 58.7 Å². The second-order valence-corrected chi connectivity index (χ2v) is 6.75. The Kier molecular flexibility index (Phi) is 5.90. The number of benzene rings is 4. The van der Waals surface area contributed by atoms with Gasteiger partial charge >= 0.3 is 0 Å². The molecule has 0 aliphatic heterocycles. The van der Waals surface area contributed by atoms with Gasteiger partial charge in [0.2, 0.25) is 0 Å². The SMILES string of the molecule is N#Cc1ccc(-c2ccc(-c3ccc(OCC#Cc4ccccc4)cc3)cc2)cc1. The van der Waals surface area contributed by atoms with Gasteiger partial charge in [-0.1, -0.05) is 78.6 Å². The lowest BCUT2D eigenvalue weighted by Crippen LogP contribution is -1.93. The molecule has 2 heteroatoms. The minimum absolute atomic E-state index is 0.355. The molecule has 0 bridgehead atoms. The molecule has 0 saturated heterocycles. The molecule has 0 unspecified atom stereocenters. The van der Waals surface area contributed by atoms with Crippen LogP contribution in [0.4, 0.5) is 0 Å². The number of hydrogen-bond acceptors (Lipinski definition) is 2. The summed E-state index contributed by atoms with van der Waals surface area (Å²) in [5.74, 6) is 6.92. The monoisotopic (exact) mass is 385 g/mol. The molecule has 0 fully saturated rings. The van der Waals surface area contributed by atoms with Gasteiger partial charge in [-0.15, -0.1) is 0 Å². The molecule has 4 aromatic carbocycles. The molecule has 142 valence electrons. The van der Waals surface area contributed by atoms with E-state index in [1.165, 1.54) is 0 Å². The van der Waals surface area contributed by atoms with Crippen LogP contribution in [0.1, 0.15) is 11.1 Å². The molecular weight excluding hydrogens is 366 g/mol. The molecule has 30 heavy (non-hydrogen) atoms. The lowest BCUT2D eigenvalue weighted by molar-refractivity contribution is 0.370. The number of ether oxygens (including phenoxy) is 1. The normalized spacial score (nSPS) is 9.83. The van der Waals surface area contributed by atoms with E-state index in [0.29, 0.717) is 12.2 Å². The largest absolute Gasteiger partial charge is 0.481 e. The first-order chi connectivity index (χ1) is 14.8. The Labute approximate surface area is 177 Å². The molecule has 0 amide bonds. The van der Waals surface area contributed by atoms with Crippen molar-refractivity contribution in [2.45, 2.75) is 0 Å². The summed E-state index contributed by atoms with van der Waals surface area (Å²) in [6.45, 7) is 0.355. The van der Waals surface area contributed by atoms with Gasteiger partial charge in [0.05, 0.1) is 11.6 Å². The van der Waals surface area contributed by atoms with Gasteiger partial charge in [-0.2, -0.15) is 5.26 Å². The van der Waals surface area contributed by atoms with Crippen molar-refractivity contribution in [3.05, 3.63) is 114 Å². The molecule has 4 aromatic rings. The highest BCUT2D eigenvalue weighted by atomic mass is 16.5. The quantitative estimate of drug-likeness (QED) is 0.385. The van der Waals surface area contributed by atoms with Gasteiger partial charge in [0, 0.05) is 5.56 Å². The third kappa shape index (κ3) is 4.76. The third-order valence-corrected chi connectivity index (χ3v) is 4.74. The fraction of sp³-hybridized carbons (Fsp3) is 0.0357. The second-order valence-electron chi connectivity index (χ2n) is 6.75. The molecule has 2 nitrogen and oxygen atoms in total. The molecule has 0 radical (unpaired) electrons. The summed E-state index contributed by atoms with van der Waals surface area (Å²) in [5, 5.41) is 8.92. The zero-order valence-electron chi connectivity index (χ0n) is 16.4. The van der Waals surface area contributed by atoms with Crippen molar-refractivity contribution in [3.63, 3.8) is 0 Å². The zero-order valence-corrected chi connectivity index (χ0v) is 16.4. The maximum absolute atomic E-state index is 8.92. The Morgan fingerprint density at radius 3 is 1.60 bits per heavy atom. The van der Waals surface area contributed by atoms with E-state index in [2.05, 4.69) is 54.3 Å². The molecule has 0 aromatic heterocycles. The van der Waals surface area contributed by atoms with Crippen LogP contribution in [0.15, 0.2) is 103 Å². The first kappa shape index (κ1) is 19.1. The molecule has 0 aliphatic carbocycles. The minimum atomic E-state index is 0.355. The third-order valence-electron chi connectivity index (χ3n) is 4.74. The zero-order chi connectivity index (χ0) is 20.6. The van der Waals surface area contributed by atoms with Crippen molar-refractivity contribution in [3.8, 4) is 45.9 Å². The van der Waals surface area contributed by atoms with Crippen LogP contribution in [-0.2, 0) is 0 Å². The highest BCUT2D eigenvalue weighted by molar-refractivity contribution is 5.71. The molecular formula is C28H19NO. The van der Waals surface area contributed by atoms with E-state index in [9.17, 15) is 0 Å². The number of nitriles is 1. The maximum atomic E-state index is 8.92. The van der Waals surface area contributed by atoms with Crippen LogP contribution in [0.25, 0.3) is 22.3 Å². The molecule has 0 N–H and O–H groups in total. The van der Waals surface area contributed by atoms with Crippen molar-refractivity contribution in [2.24, 2.45) is 0 Å². The Bertz CT molecular complexity index is 1210. The average Bonchev–Trinajstić information content (AvgIpc) is 2.83. The first-order valence-electron chi connectivity index (χ1n) is 9.69. The summed E-state index contributed by atoms with van der Waals surface area (Å²) in [4.78, 5) is 0. The van der Waals surface area contributed by atoms with Crippen LogP contribution >= 0.6 is 0 Å². The number of rotatable bonds is 4. The van der Waals surface area contributed by atoms with E-state index in [-0.39, 0.29) is 0 Å². The summed E-state index contributed by atoms with van der Waals surface area (Å²) in [5.41, 5.74) is 6.15. The fourth-order valence-electron chi connectivity index (χ4n) is 3.12. The summed E-state index contributed by atoms with van der Waals surface area (Å²) < 4.78 is 5.72. The van der Waals surface area contributed by atoms with Crippen molar-refractivity contribution >= 4 is 0 Å². The highest BCUT2D eigenvalue weighted by Crippen LogP contribution is 2.26. The predicted molar refractivity (Wildman–Crippen MR) is 121 cm³/mol. The van der Waals surface area contributed by atoms with Crippen LogP contribution in [0.5, 0.6) is 5.75 Å². The molecule has 0 saturated carbocycles. The first-order valence-corrected chi connectivity index (χ1v) is 9.69.